The summed E-state index contributed by atoms with van der Waals surface area (Å²) >= 11 is 0. The van der Waals surface area contributed by atoms with Crippen molar-refractivity contribution in [1.29, 1.82) is 0 Å². The number of hydrogen-bond donors (Lipinski definition) is 1. The molecule has 0 saturated carbocycles. The van der Waals surface area contributed by atoms with E-state index in [1.54, 1.807) is 6.20 Å². The second-order valence-corrected chi connectivity index (χ2v) is 8.93. The van der Waals surface area contributed by atoms with Gasteiger partial charge in [-0.05, 0) is 32.0 Å². The van der Waals surface area contributed by atoms with Crippen LogP contribution < -0.4 is 19.3 Å². The van der Waals surface area contributed by atoms with Crippen molar-refractivity contribution < 1.29 is 27.4 Å². The minimum Gasteiger partial charge on any atom is -0.493 e. The molecule has 0 radical (unpaired) electrons. The van der Waals surface area contributed by atoms with Crippen molar-refractivity contribution in [1.82, 2.24) is 14.9 Å². The zero-order valence-corrected chi connectivity index (χ0v) is 21.5. The summed E-state index contributed by atoms with van der Waals surface area (Å²) in [4.78, 5) is 25.9. The first-order chi connectivity index (χ1) is 17.9. The average Bonchev–Trinajstić information content (AvgIpc) is 3.29. The van der Waals surface area contributed by atoms with E-state index in [4.69, 9.17) is 9.47 Å². The van der Waals surface area contributed by atoms with Gasteiger partial charge < -0.3 is 14.5 Å². The van der Waals surface area contributed by atoms with Crippen molar-refractivity contribution in [2.24, 2.45) is 0 Å². The van der Waals surface area contributed by atoms with Crippen LogP contribution in [0.15, 0.2) is 18.3 Å². The number of H-pyrrole nitrogens is 1. The molecule has 1 N–H and O–H groups in total. The molecule has 0 spiro atoms. The van der Waals surface area contributed by atoms with Gasteiger partial charge in [0.2, 0.25) is 0 Å². The molecule has 1 aliphatic heterocycles. The molecule has 0 atom stereocenters. The molecule has 3 heterocycles. The third kappa shape index (κ3) is 4.92. The van der Waals surface area contributed by atoms with E-state index >= 15 is 8.78 Å². The first-order valence-corrected chi connectivity index (χ1v) is 12.3. The van der Waals surface area contributed by atoms with E-state index < -0.39 is 30.0 Å². The number of ether oxygens (including phenoxy) is 2. The molecular weight excluding hydrogens is 487 g/mol. The number of carbonyl (C=O) groups is 1. The molecule has 37 heavy (non-hydrogen) atoms. The number of fused-ring (bicyclic) bond motifs is 3. The van der Waals surface area contributed by atoms with Crippen molar-refractivity contribution in [2.75, 3.05) is 50.3 Å². The van der Waals surface area contributed by atoms with Crippen LogP contribution in [0.3, 0.4) is 0 Å². The standard InChI is InChI=1S/C26H32F3N5O3/c1-5-8-32(9-6-2)15-17-11-18-23-16(13-30-25(18)31-17)14-34(26(35)33(23)10-7-27)24-21(28)19(36-3)12-20(37-4)22(24)29/h11-13H,5-10,14-15H2,1-4H3,(H,30,31). The number of hydrogen-bond acceptors (Lipinski definition) is 5. The largest absolute Gasteiger partial charge is 0.493 e. The summed E-state index contributed by atoms with van der Waals surface area (Å²) in [6.07, 6.45) is 3.58. The monoisotopic (exact) mass is 519 g/mol. The molecule has 3 aromatic rings. The van der Waals surface area contributed by atoms with E-state index in [2.05, 4.69) is 28.7 Å². The normalized spacial score (nSPS) is 13.6. The van der Waals surface area contributed by atoms with Crippen LogP contribution >= 0.6 is 0 Å². The Bertz CT molecular complexity index is 1250. The minimum atomic E-state index is -1.05. The van der Waals surface area contributed by atoms with E-state index in [9.17, 15) is 9.18 Å². The Labute approximate surface area is 214 Å². The predicted octanol–water partition coefficient (Wildman–Crippen LogP) is 5.40. The van der Waals surface area contributed by atoms with Crippen molar-refractivity contribution in [3.63, 3.8) is 0 Å². The van der Waals surface area contributed by atoms with Gasteiger partial charge in [0.1, 0.15) is 18.0 Å². The van der Waals surface area contributed by atoms with Crippen LogP contribution in [0.4, 0.5) is 29.3 Å². The Balaban J connectivity index is 1.81. The topological polar surface area (TPSA) is 73.9 Å². The summed E-state index contributed by atoms with van der Waals surface area (Å²) in [7, 11) is 2.46. The van der Waals surface area contributed by atoms with Crippen molar-refractivity contribution in [2.45, 2.75) is 39.8 Å². The van der Waals surface area contributed by atoms with E-state index in [1.807, 2.05) is 6.07 Å². The number of aromatic nitrogens is 2. The Morgan fingerprint density at radius 1 is 1.05 bits per heavy atom. The number of nitrogens with zero attached hydrogens (tertiary/aromatic N) is 4. The van der Waals surface area contributed by atoms with E-state index in [0.717, 1.165) is 42.6 Å². The molecule has 11 heteroatoms. The molecule has 1 aromatic carbocycles. The van der Waals surface area contributed by atoms with E-state index in [-0.39, 0.29) is 24.6 Å². The van der Waals surface area contributed by atoms with Crippen LogP contribution in [0.1, 0.15) is 37.9 Å². The second kappa shape index (κ2) is 11.3. The van der Waals surface area contributed by atoms with Gasteiger partial charge in [-0.25, -0.2) is 22.9 Å². The number of rotatable bonds is 11. The first kappa shape index (κ1) is 26.6. The Morgan fingerprint density at radius 2 is 1.70 bits per heavy atom. The third-order valence-corrected chi connectivity index (χ3v) is 6.42. The number of nitrogens with one attached hydrogen (secondary N) is 1. The molecule has 0 saturated heterocycles. The number of aromatic amines is 1. The number of benzene rings is 1. The van der Waals surface area contributed by atoms with Crippen LogP contribution in [0.25, 0.3) is 11.0 Å². The zero-order chi connectivity index (χ0) is 26.7. The van der Waals surface area contributed by atoms with Crippen LogP contribution in [0.2, 0.25) is 0 Å². The van der Waals surface area contributed by atoms with E-state index in [0.29, 0.717) is 28.8 Å². The molecule has 0 aliphatic carbocycles. The van der Waals surface area contributed by atoms with Gasteiger partial charge in [-0.1, -0.05) is 13.8 Å². The summed E-state index contributed by atoms with van der Waals surface area (Å²) in [6, 6.07) is 2.23. The predicted molar refractivity (Wildman–Crippen MR) is 136 cm³/mol. The quantitative estimate of drug-likeness (QED) is 0.367. The van der Waals surface area contributed by atoms with E-state index in [1.165, 1.54) is 19.1 Å². The summed E-state index contributed by atoms with van der Waals surface area (Å²) in [5.74, 6) is -2.67. The van der Waals surface area contributed by atoms with Crippen LogP contribution in [-0.2, 0) is 13.1 Å². The number of carbonyl (C=O) groups excluding carboxylic acids is 1. The highest BCUT2D eigenvalue weighted by atomic mass is 19.1. The zero-order valence-electron chi connectivity index (χ0n) is 21.5. The second-order valence-electron chi connectivity index (χ2n) is 8.93. The molecule has 0 unspecified atom stereocenters. The molecule has 2 aromatic heterocycles. The summed E-state index contributed by atoms with van der Waals surface area (Å²) in [5, 5.41) is 0.658. The number of pyridine rings is 1. The number of urea groups is 1. The summed E-state index contributed by atoms with van der Waals surface area (Å²) < 4.78 is 54.3. The Hall–Kier alpha value is -3.47. The summed E-state index contributed by atoms with van der Waals surface area (Å²) in [5.41, 5.74) is 1.88. The molecule has 4 rings (SSSR count). The maximum absolute atomic E-state index is 15.3. The number of halogens is 3. The third-order valence-electron chi connectivity index (χ3n) is 6.42. The molecule has 1 aliphatic rings. The average molecular weight is 520 g/mol. The van der Waals surface area contributed by atoms with Gasteiger partial charge in [-0.2, -0.15) is 0 Å². The fourth-order valence-corrected chi connectivity index (χ4v) is 4.88. The fourth-order valence-electron chi connectivity index (χ4n) is 4.88. The van der Waals surface area contributed by atoms with Gasteiger partial charge in [0.15, 0.2) is 23.1 Å². The van der Waals surface area contributed by atoms with Crippen LogP contribution in [0, 0.1) is 11.6 Å². The number of anilines is 2. The lowest BCUT2D eigenvalue weighted by Crippen LogP contribution is -2.49. The number of alkyl halides is 1. The highest BCUT2D eigenvalue weighted by Gasteiger charge is 2.37. The fraction of sp³-hybridized carbons (Fsp3) is 0.462. The highest BCUT2D eigenvalue weighted by molar-refractivity contribution is 6.11. The first-order valence-electron chi connectivity index (χ1n) is 12.3. The summed E-state index contributed by atoms with van der Waals surface area (Å²) in [6.45, 7) is 5.52. The number of methoxy groups -OCH3 is 2. The molecule has 0 fully saturated rings. The van der Waals surface area contributed by atoms with Gasteiger partial charge in [0.05, 0.1) is 33.0 Å². The molecule has 200 valence electrons. The lowest BCUT2D eigenvalue weighted by atomic mass is 10.1. The van der Waals surface area contributed by atoms with Crippen LogP contribution in [0.5, 0.6) is 11.5 Å². The van der Waals surface area contributed by atoms with Crippen molar-refractivity contribution >= 4 is 28.4 Å². The highest BCUT2D eigenvalue weighted by Crippen LogP contribution is 2.42. The molecule has 8 nitrogen and oxygen atoms in total. The number of amides is 2. The maximum Gasteiger partial charge on any atom is 0.329 e. The molecule has 0 bridgehead atoms. The van der Waals surface area contributed by atoms with Gasteiger partial charge in [0, 0.05) is 35.5 Å². The van der Waals surface area contributed by atoms with Gasteiger partial charge in [-0.3, -0.25) is 14.7 Å². The van der Waals surface area contributed by atoms with Crippen molar-refractivity contribution in [3.8, 4) is 11.5 Å². The smallest absolute Gasteiger partial charge is 0.329 e. The van der Waals surface area contributed by atoms with Gasteiger partial charge >= 0.3 is 6.03 Å². The Morgan fingerprint density at radius 3 is 2.27 bits per heavy atom. The SMILES string of the molecule is CCCN(CCC)Cc1cc2c3c(cnc2[nH]1)CN(c1c(F)c(OC)cc(OC)c1F)C(=O)N3CCF. The Kier molecular flexibility index (Phi) is 8.11. The van der Waals surface area contributed by atoms with Gasteiger partial charge in [-0.15, -0.1) is 0 Å². The molecular formula is C26H32F3N5O3. The maximum atomic E-state index is 15.3. The molecule has 2 amide bonds. The van der Waals surface area contributed by atoms with Crippen LogP contribution in [-0.4, -0.2) is 61.4 Å². The van der Waals surface area contributed by atoms with Crippen molar-refractivity contribution in [3.05, 3.63) is 41.2 Å². The lowest BCUT2D eigenvalue weighted by molar-refractivity contribution is 0.248. The minimum absolute atomic E-state index is 0.164. The lowest BCUT2D eigenvalue weighted by Gasteiger charge is -2.37. The van der Waals surface area contributed by atoms with Gasteiger partial charge in [0.25, 0.3) is 0 Å².